The summed E-state index contributed by atoms with van der Waals surface area (Å²) in [5, 5.41) is 15.0. The molecule has 29 heavy (non-hydrogen) atoms. The average molecular weight is 394 g/mol. The van der Waals surface area contributed by atoms with Gasteiger partial charge in [-0.05, 0) is 49.9 Å². The predicted molar refractivity (Wildman–Crippen MR) is 109 cm³/mol. The molecule has 2 fully saturated rings. The van der Waals surface area contributed by atoms with E-state index in [0.29, 0.717) is 18.8 Å². The molecule has 6 nitrogen and oxygen atoms in total. The Labute approximate surface area is 168 Å². The van der Waals surface area contributed by atoms with Crippen molar-refractivity contribution in [2.24, 2.45) is 0 Å². The molecule has 0 bridgehead atoms. The number of carbonyl (C=O) groups is 1. The van der Waals surface area contributed by atoms with Crippen molar-refractivity contribution < 1.29 is 14.3 Å². The highest BCUT2D eigenvalue weighted by molar-refractivity contribution is 6.03. The lowest BCUT2D eigenvalue weighted by Crippen LogP contribution is -2.42. The monoisotopic (exact) mass is 394 g/mol. The maximum absolute atomic E-state index is 14.3. The molecule has 7 heteroatoms. The third kappa shape index (κ3) is 3.06. The van der Waals surface area contributed by atoms with Gasteiger partial charge in [0.1, 0.15) is 11.5 Å². The Balaban J connectivity index is 1.47. The number of hydrogen-bond donors (Lipinski definition) is 1. The first-order chi connectivity index (χ1) is 14.1. The number of amides is 2. The van der Waals surface area contributed by atoms with Gasteiger partial charge in [0.15, 0.2) is 0 Å². The van der Waals surface area contributed by atoms with E-state index in [-0.39, 0.29) is 24.0 Å². The Morgan fingerprint density at radius 3 is 2.52 bits per heavy atom. The van der Waals surface area contributed by atoms with Crippen molar-refractivity contribution >= 4 is 22.6 Å². The molecular weight excluding hydrogens is 371 g/mol. The summed E-state index contributed by atoms with van der Waals surface area (Å²) < 4.78 is 15.9. The van der Waals surface area contributed by atoms with E-state index in [1.54, 1.807) is 34.0 Å². The van der Waals surface area contributed by atoms with E-state index in [9.17, 15) is 14.3 Å². The van der Waals surface area contributed by atoms with Crippen molar-refractivity contribution in [1.29, 1.82) is 0 Å². The Bertz CT molecular complexity index is 1060. The fraction of sp³-hybridized carbons (Fsp3) is 0.364. The van der Waals surface area contributed by atoms with Crippen LogP contribution in [0.2, 0.25) is 0 Å². The second kappa shape index (κ2) is 7.15. The predicted octanol–water partition coefficient (Wildman–Crippen LogP) is 3.71. The summed E-state index contributed by atoms with van der Waals surface area (Å²) >= 11 is 0. The highest BCUT2D eigenvalue weighted by atomic mass is 19.1. The van der Waals surface area contributed by atoms with Crippen molar-refractivity contribution in [2.75, 3.05) is 18.0 Å². The quantitative estimate of drug-likeness (QED) is 0.737. The number of aliphatic hydroxyl groups excluding tert-OH is 1. The number of hydrogen-bond acceptors (Lipinski definition) is 3. The molecule has 150 valence electrons. The second-order valence-electron chi connectivity index (χ2n) is 7.81. The van der Waals surface area contributed by atoms with Crippen LogP contribution >= 0.6 is 0 Å². The third-order valence-electron chi connectivity index (χ3n) is 6.11. The van der Waals surface area contributed by atoms with Gasteiger partial charge in [-0.2, -0.15) is 5.10 Å². The van der Waals surface area contributed by atoms with Gasteiger partial charge in [0.25, 0.3) is 0 Å². The van der Waals surface area contributed by atoms with E-state index >= 15 is 0 Å². The molecule has 2 amide bonds. The van der Waals surface area contributed by atoms with Gasteiger partial charge in [-0.25, -0.2) is 13.9 Å². The smallest absolute Gasteiger partial charge is 0.324 e. The lowest BCUT2D eigenvalue weighted by molar-refractivity contribution is 0.0918. The number of benzene rings is 2. The number of carbonyl (C=O) groups excluding carboxylic acids is 1. The third-order valence-corrected chi connectivity index (χ3v) is 6.11. The van der Waals surface area contributed by atoms with Gasteiger partial charge < -0.3 is 10.0 Å². The zero-order valence-electron chi connectivity index (χ0n) is 16.0. The van der Waals surface area contributed by atoms with Gasteiger partial charge >= 0.3 is 6.03 Å². The van der Waals surface area contributed by atoms with E-state index in [0.717, 1.165) is 42.3 Å². The van der Waals surface area contributed by atoms with Crippen molar-refractivity contribution in [3.05, 3.63) is 54.5 Å². The summed E-state index contributed by atoms with van der Waals surface area (Å²) in [7, 11) is 0. The lowest BCUT2D eigenvalue weighted by atomic mass is 9.92. The van der Waals surface area contributed by atoms with Crippen LogP contribution in [-0.2, 0) is 0 Å². The van der Waals surface area contributed by atoms with Crippen LogP contribution in [0.1, 0.15) is 25.7 Å². The minimum atomic E-state index is -0.342. The molecule has 1 aliphatic carbocycles. The van der Waals surface area contributed by atoms with Crippen LogP contribution in [-0.4, -0.2) is 51.1 Å². The van der Waals surface area contributed by atoms with Crippen LogP contribution in [0.15, 0.2) is 48.7 Å². The summed E-state index contributed by atoms with van der Waals surface area (Å²) in [6, 6.07) is 12.4. The van der Waals surface area contributed by atoms with Crippen molar-refractivity contribution in [2.45, 2.75) is 37.8 Å². The molecule has 0 spiro atoms. The van der Waals surface area contributed by atoms with E-state index in [1.807, 2.05) is 23.1 Å². The van der Waals surface area contributed by atoms with Crippen molar-refractivity contribution in [1.82, 2.24) is 14.7 Å². The molecule has 1 saturated carbocycles. The molecule has 1 saturated heterocycles. The standard InChI is InChI=1S/C22H23FN4O2/c23-18-4-1-2-5-21(18)27-20-7-3-6-19(17(20)14-24-27)26-13-12-25(22(26)29)15-8-10-16(28)11-9-15/h1-7,14-16,28H,8-13H2. The molecule has 3 aromatic rings. The number of rotatable bonds is 3. The Morgan fingerprint density at radius 2 is 1.72 bits per heavy atom. The maximum Gasteiger partial charge on any atom is 0.324 e. The number of aromatic nitrogens is 2. The van der Waals surface area contributed by atoms with Crippen LogP contribution in [0, 0.1) is 5.82 Å². The molecule has 2 heterocycles. The molecule has 5 rings (SSSR count). The van der Waals surface area contributed by atoms with E-state index < -0.39 is 0 Å². The number of nitrogens with zero attached hydrogens (tertiary/aromatic N) is 4. The van der Waals surface area contributed by atoms with Crippen LogP contribution in [0.4, 0.5) is 14.9 Å². The molecule has 1 N–H and O–H groups in total. The second-order valence-corrected chi connectivity index (χ2v) is 7.81. The molecular formula is C22H23FN4O2. The SMILES string of the molecule is O=C1N(c2cccc3c2cnn3-c2ccccc2F)CCN1C1CCC(O)CC1. The fourth-order valence-electron chi connectivity index (χ4n) is 4.57. The van der Waals surface area contributed by atoms with Gasteiger partial charge in [-0.15, -0.1) is 0 Å². The Hall–Kier alpha value is -2.93. The summed E-state index contributed by atoms with van der Waals surface area (Å²) in [4.78, 5) is 16.9. The Morgan fingerprint density at radius 1 is 0.966 bits per heavy atom. The average Bonchev–Trinajstić information content (AvgIpc) is 3.33. The first kappa shape index (κ1) is 18.1. The number of halogens is 1. The number of anilines is 1. The van der Waals surface area contributed by atoms with E-state index in [2.05, 4.69) is 5.10 Å². The molecule has 1 aromatic heterocycles. The first-order valence-electron chi connectivity index (χ1n) is 10.1. The molecule has 0 unspecified atom stereocenters. The molecule has 0 radical (unpaired) electrons. The van der Waals surface area contributed by atoms with Gasteiger partial charge in [-0.3, -0.25) is 4.90 Å². The van der Waals surface area contributed by atoms with Gasteiger partial charge in [0.2, 0.25) is 0 Å². The summed E-state index contributed by atoms with van der Waals surface area (Å²) in [6.07, 6.45) is 4.65. The lowest BCUT2D eigenvalue weighted by Gasteiger charge is -2.32. The summed E-state index contributed by atoms with van der Waals surface area (Å²) in [5.41, 5.74) is 1.95. The highest BCUT2D eigenvalue weighted by Crippen LogP contribution is 2.33. The molecule has 1 aliphatic heterocycles. The van der Waals surface area contributed by atoms with E-state index in [1.165, 1.54) is 6.07 Å². The normalized spacial score (nSPS) is 22.6. The molecule has 2 aliphatic rings. The Kier molecular flexibility index (Phi) is 4.47. The molecule has 2 aromatic carbocycles. The van der Waals surface area contributed by atoms with Crippen LogP contribution in [0.5, 0.6) is 0 Å². The fourth-order valence-corrected chi connectivity index (χ4v) is 4.57. The van der Waals surface area contributed by atoms with Crippen LogP contribution in [0.25, 0.3) is 16.6 Å². The van der Waals surface area contributed by atoms with Crippen molar-refractivity contribution in [3.8, 4) is 5.69 Å². The minimum Gasteiger partial charge on any atom is -0.393 e. The zero-order valence-corrected chi connectivity index (χ0v) is 16.0. The van der Waals surface area contributed by atoms with Gasteiger partial charge in [0.05, 0.1) is 23.5 Å². The number of fused-ring (bicyclic) bond motifs is 1. The van der Waals surface area contributed by atoms with Gasteiger partial charge in [0, 0.05) is 24.5 Å². The number of aliphatic hydroxyl groups is 1. The maximum atomic E-state index is 14.3. The van der Waals surface area contributed by atoms with Gasteiger partial charge in [-0.1, -0.05) is 18.2 Å². The zero-order chi connectivity index (χ0) is 20.0. The van der Waals surface area contributed by atoms with Crippen LogP contribution in [0.3, 0.4) is 0 Å². The highest BCUT2D eigenvalue weighted by Gasteiger charge is 2.36. The van der Waals surface area contributed by atoms with E-state index in [4.69, 9.17) is 0 Å². The van der Waals surface area contributed by atoms with Crippen LogP contribution < -0.4 is 4.90 Å². The first-order valence-corrected chi connectivity index (χ1v) is 10.1. The largest absolute Gasteiger partial charge is 0.393 e. The van der Waals surface area contributed by atoms with Crippen molar-refractivity contribution in [3.63, 3.8) is 0 Å². The number of para-hydroxylation sites is 1. The summed E-state index contributed by atoms with van der Waals surface area (Å²) in [6.45, 7) is 1.29. The molecule has 0 atom stereocenters. The minimum absolute atomic E-state index is 0.00229. The summed E-state index contributed by atoms with van der Waals surface area (Å²) in [5.74, 6) is -0.342. The topological polar surface area (TPSA) is 61.6 Å². The number of urea groups is 1.